The predicted octanol–water partition coefficient (Wildman–Crippen LogP) is 5.78. The van der Waals surface area contributed by atoms with Gasteiger partial charge in [-0.3, -0.25) is 0 Å². The molecule has 4 aromatic rings. The molecule has 0 aliphatic carbocycles. The van der Waals surface area contributed by atoms with E-state index in [4.69, 9.17) is 10.5 Å². The quantitative estimate of drug-likeness (QED) is 0.172. The fourth-order valence-corrected chi connectivity index (χ4v) is 8.08. The summed E-state index contributed by atoms with van der Waals surface area (Å²) in [7, 11) is 0. The van der Waals surface area contributed by atoms with Crippen molar-refractivity contribution in [1.29, 1.82) is 5.26 Å². The number of ether oxygens (including phenoxy) is 1. The molecule has 2 N–H and O–H groups in total. The first-order chi connectivity index (χ1) is 27.4. The van der Waals surface area contributed by atoms with E-state index in [-0.39, 0.29) is 43.1 Å². The van der Waals surface area contributed by atoms with Gasteiger partial charge < -0.3 is 21.7 Å². The molecular weight excluding hydrogens is 772 g/mol. The number of piperidine rings is 2. The van der Waals surface area contributed by atoms with Crippen molar-refractivity contribution in [3.05, 3.63) is 143 Å². The largest absolute Gasteiger partial charge is 1.00 e. The van der Waals surface area contributed by atoms with Gasteiger partial charge in [-0.1, -0.05) is 97.1 Å². The summed E-state index contributed by atoms with van der Waals surface area (Å²) in [4.78, 5) is 4.41. The van der Waals surface area contributed by atoms with E-state index in [0.29, 0.717) is 56.4 Å². The Balaban J connectivity index is 0.000000353. The van der Waals surface area contributed by atoms with Crippen molar-refractivity contribution in [3.63, 3.8) is 0 Å². The zero-order valence-electron chi connectivity index (χ0n) is 34.5. The van der Waals surface area contributed by atoms with Crippen LogP contribution in [0.5, 0.6) is 0 Å². The van der Waals surface area contributed by atoms with E-state index in [1.54, 1.807) is 24.3 Å². The van der Waals surface area contributed by atoms with Gasteiger partial charge in [0.2, 0.25) is 0 Å². The van der Waals surface area contributed by atoms with Crippen LogP contribution >= 0.6 is 0 Å². The zero-order valence-corrected chi connectivity index (χ0v) is 33.5. The van der Waals surface area contributed by atoms with Gasteiger partial charge in [0, 0.05) is 38.3 Å². The van der Waals surface area contributed by atoms with Crippen LogP contribution in [-0.4, -0.2) is 86.2 Å². The Labute approximate surface area is 370 Å². The van der Waals surface area contributed by atoms with Gasteiger partial charge in [-0.2, -0.15) is 31.6 Å². The summed E-state index contributed by atoms with van der Waals surface area (Å²) in [5, 5.41) is 9.72. The summed E-state index contributed by atoms with van der Waals surface area (Å²) in [5.41, 5.74) is 7.55. The van der Waals surface area contributed by atoms with Crippen molar-refractivity contribution in [1.82, 2.24) is 9.80 Å². The Morgan fingerprint density at radius 1 is 0.610 bits per heavy atom. The molecule has 59 heavy (non-hydrogen) atoms. The Morgan fingerprint density at radius 2 is 1.00 bits per heavy atom. The smallest absolute Gasteiger partial charge is 1.00 e. The van der Waals surface area contributed by atoms with Crippen LogP contribution < -0.4 is 24.6 Å². The van der Waals surface area contributed by atoms with Crippen LogP contribution in [0.2, 0.25) is 0 Å². The summed E-state index contributed by atoms with van der Waals surface area (Å²) in [5.74, 6) is 0. The molecule has 0 unspecified atom stereocenters. The number of likely N-dealkylation sites (tertiary alicyclic amines) is 2. The van der Waals surface area contributed by atoms with E-state index in [9.17, 15) is 31.6 Å². The number of rotatable bonds is 9. The molecule has 13 heteroatoms. The van der Waals surface area contributed by atoms with E-state index in [1.165, 1.54) is 36.6 Å². The number of hydrogen-bond acceptors (Lipinski definition) is 5. The SMILES string of the molecule is C1CCOC1.N#CC1(c2ccccc2)CCN(CCc2ccccc2C(F)(F)F)CC1.NCC1(c2ccccc2)CCN(CCc2ccccc2C(F)(F)F)CC1.[AlH3].[H-].[Li+]. The maximum Gasteiger partial charge on any atom is 1.00 e. The monoisotopic (exact) mass is 830 g/mol. The Morgan fingerprint density at radius 3 is 1.37 bits per heavy atom. The molecule has 0 aromatic heterocycles. The number of alkyl halides is 6. The molecule has 7 rings (SSSR count). The fraction of sp³-hybridized carbons (Fsp3) is 0.457. The average Bonchev–Trinajstić information content (AvgIpc) is 3.84. The molecule has 3 fully saturated rings. The van der Waals surface area contributed by atoms with Crippen LogP contribution in [-0.2, 0) is 40.8 Å². The summed E-state index contributed by atoms with van der Waals surface area (Å²) in [6.45, 7) is 6.97. The molecule has 3 aliphatic rings. The minimum absolute atomic E-state index is 0. The fourth-order valence-electron chi connectivity index (χ4n) is 8.08. The van der Waals surface area contributed by atoms with Crippen LogP contribution in [0.1, 0.15) is 73.3 Å². The molecule has 0 bridgehead atoms. The third kappa shape index (κ3) is 14.2. The summed E-state index contributed by atoms with van der Waals surface area (Å²) in [6.07, 6.45) is -1.99. The van der Waals surface area contributed by atoms with E-state index in [2.05, 4.69) is 28.0 Å². The van der Waals surface area contributed by atoms with Crippen molar-refractivity contribution in [2.24, 2.45) is 5.73 Å². The molecule has 3 heterocycles. The number of nitrogens with two attached hydrogens (primary N) is 1. The van der Waals surface area contributed by atoms with Crippen LogP contribution in [0.15, 0.2) is 109 Å². The molecule has 0 spiro atoms. The topological polar surface area (TPSA) is 65.5 Å². The molecule has 4 aromatic carbocycles. The number of nitrogens with zero attached hydrogens (tertiary/aromatic N) is 3. The van der Waals surface area contributed by atoms with Gasteiger partial charge in [0.05, 0.1) is 22.6 Å². The number of nitriles is 1. The third-order valence-corrected chi connectivity index (χ3v) is 11.7. The molecule has 3 saturated heterocycles. The van der Waals surface area contributed by atoms with Gasteiger partial charge >= 0.3 is 31.2 Å². The second-order valence-electron chi connectivity index (χ2n) is 15.2. The van der Waals surface area contributed by atoms with E-state index < -0.39 is 28.9 Å². The van der Waals surface area contributed by atoms with Crippen molar-refractivity contribution in [2.75, 3.05) is 59.0 Å². The third-order valence-electron chi connectivity index (χ3n) is 11.7. The number of halogens is 6. The van der Waals surface area contributed by atoms with Crippen LogP contribution in [0.3, 0.4) is 0 Å². The maximum atomic E-state index is 13.1. The minimum atomic E-state index is -4.32. The summed E-state index contributed by atoms with van der Waals surface area (Å²) < 4.78 is 83.6. The van der Waals surface area contributed by atoms with Gasteiger partial charge in [-0.25, -0.2) is 0 Å². The first kappa shape index (κ1) is 50.3. The first-order valence-corrected chi connectivity index (χ1v) is 19.9. The summed E-state index contributed by atoms with van der Waals surface area (Å²) in [6, 6.07) is 34.2. The molecule has 3 aliphatic heterocycles. The standard InChI is InChI=1S/C21H25F3N2.C21H21F3N2.C4H8O.Al.Li.4H/c2*22-21(23,24)19-9-5-4-6-17(19)10-13-26-14-11-20(16-25,12-15-26)18-7-2-1-3-8-18;1-2-4-5-3-1;;;;;;/h1-9H,10-16,25H2;1-9H,10-15H2;1-4H2;;;;;;/q;;;;+1;;;;-1. The van der Waals surface area contributed by atoms with E-state index in [0.717, 1.165) is 63.9 Å². The second-order valence-corrected chi connectivity index (χ2v) is 15.2. The number of hydrogen-bond donors (Lipinski definition) is 1. The van der Waals surface area contributed by atoms with Crippen LogP contribution in [0.4, 0.5) is 26.3 Å². The normalized spacial score (nSPS) is 17.7. The van der Waals surface area contributed by atoms with Gasteiger partial charge in [0.1, 0.15) is 0 Å². The van der Waals surface area contributed by atoms with Crippen LogP contribution in [0.25, 0.3) is 0 Å². The molecule has 0 atom stereocenters. The van der Waals surface area contributed by atoms with Crippen molar-refractivity contribution < 1.29 is 51.4 Å². The number of benzene rings is 4. The molecular formula is C46H58AlF6LiN4O. The Hall–Kier alpha value is -3.08. The van der Waals surface area contributed by atoms with Gasteiger partial charge in [0.25, 0.3) is 0 Å². The van der Waals surface area contributed by atoms with Gasteiger partial charge in [0.15, 0.2) is 17.4 Å². The molecule has 5 nitrogen and oxygen atoms in total. The zero-order chi connectivity index (χ0) is 40.8. The van der Waals surface area contributed by atoms with Crippen molar-refractivity contribution >= 4 is 17.4 Å². The maximum absolute atomic E-state index is 13.1. The van der Waals surface area contributed by atoms with Gasteiger partial charge in [-0.15, -0.1) is 0 Å². The Kier molecular flexibility index (Phi) is 20.3. The minimum Gasteiger partial charge on any atom is -1.00 e. The van der Waals surface area contributed by atoms with Crippen molar-refractivity contribution in [3.8, 4) is 6.07 Å². The summed E-state index contributed by atoms with van der Waals surface area (Å²) >= 11 is 0. The molecule has 0 amide bonds. The van der Waals surface area contributed by atoms with Crippen LogP contribution in [0, 0.1) is 11.3 Å². The average molecular weight is 831 g/mol. The predicted molar refractivity (Wildman–Crippen MR) is 224 cm³/mol. The molecule has 0 saturated carbocycles. The Bertz CT molecular complexity index is 1840. The van der Waals surface area contributed by atoms with E-state index in [1.807, 2.05) is 48.5 Å². The van der Waals surface area contributed by atoms with Crippen molar-refractivity contribution in [2.45, 2.75) is 74.5 Å². The molecule has 314 valence electrons. The van der Waals surface area contributed by atoms with Gasteiger partial charge in [-0.05, 0) is 112 Å². The molecule has 0 radical (unpaired) electrons. The van der Waals surface area contributed by atoms with E-state index >= 15 is 0 Å². The first-order valence-electron chi connectivity index (χ1n) is 19.9. The second kappa shape index (κ2) is 23.8.